The maximum Gasteiger partial charge on any atom is 0.239 e. The van der Waals surface area contributed by atoms with Gasteiger partial charge in [0, 0.05) is 66.0 Å². The molecule has 1 amide bonds. The van der Waals surface area contributed by atoms with E-state index in [1.54, 1.807) is 11.0 Å². The summed E-state index contributed by atoms with van der Waals surface area (Å²) in [6, 6.07) is 10.5. The maximum absolute atomic E-state index is 13.2. The van der Waals surface area contributed by atoms with Crippen LogP contribution in [0.4, 0.5) is 5.82 Å². The summed E-state index contributed by atoms with van der Waals surface area (Å²) < 4.78 is 1.77. The van der Waals surface area contributed by atoms with Gasteiger partial charge in [-0.3, -0.25) is 19.3 Å². The zero-order valence-electron chi connectivity index (χ0n) is 19.5. The molecule has 0 saturated carbocycles. The zero-order chi connectivity index (χ0) is 22.8. The monoisotopic (exact) mass is 448 g/mol. The third-order valence-corrected chi connectivity index (χ3v) is 6.96. The molecule has 2 saturated heterocycles. The molecule has 3 aromatic rings. The molecule has 0 spiro atoms. The quantitative estimate of drug-likeness (QED) is 0.581. The Kier molecular flexibility index (Phi) is 6.24. The van der Waals surface area contributed by atoms with Gasteiger partial charge in [-0.15, -0.1) is 0 Å². The van der Waals surface area contributed by atoms with Gasteiger partial charge in [-0.25, -0.2) is 9.97 Å². The van der Waals surface area contributed by atoms with Crippen LogP contribution < -0.4 is 4.90 Å². The fourth-order valence-corrected chi connectivity index (χ4v) is 4.91. The average Bonchev–Trinajstić information content (AvgIpc) is 3.25. The molecule has 0 N–H and O–H groups in total. The van der Waals surface area contributed by atoms with E-state index in [1.807, 2.05) is 24.2 Å². The first kappa shape index (κ1) is 21.8. The van der Waals surface area contributed by atoms with Crippen molar-refractivity contribution in [2.24, 2.45) is 7.05 Å². The summed E-state index contributed by atoms with van der Waals surface area (Å²) in [6.07, 6.45) is 3.44. The van der Waals surface area contributed by atoms with Crippen LogP contribution >= 0.6 is 0 Å². The minimum absolute atomic E-state index is 0.100. The summed E-state index contributed by atoms with van der Waals surface area (Å²) in [5, 5.41) is 5.30. The number of anilines is 1. The average molecular weight is 449 g/mol. The van der Waals surface area contributed by atoms with E-state index in [0.29, 0.717) is 0 Å². The Labute approximate surface area is 194 Å². The normalized spacial score (nSPS) is 19.2. The molecule has 9 heteroatoms. The number of hydrogen-bond acceptors (Lipinski definition) is 7. The van der Waals surface area contributed by atoms with Crippen molar-refractivity contribution in [1.82, 2.24) is 34.4 Å². The second kappa shape index (κ2) is 9.44. The van der Waals surface area contributed by atoms with Crippen molar-refractivity contribution in [3.63, 3.8) is 0 Å². The molecule has 1 unspecified atom stereocenters. The van der Waals surface area contributed by atoms with Crippen molar-refractivity contribution in [3.8, 4) is 0 Å². The zero-order valence-corrected chi connectivity index (χ0v) is 19.5. The van der Waals surface area contributed by atoms with Gasteiger partial charge in [0.2, 0.25) is 5.91 Å². The summed E-state index contributed by atoms with van der Waals surface area (Å²) in [7, 11) is 1.89. The summed E-state index contributed by atoms with van der Waals surface area (Å²) in [5.74, 6) is 1.18. The highest BCUT2D eigenvalue weighted by Crippen LogP contribution is 2.24. The second-order valence-corrected chi connectivity index (χ2v) is 8.99. The van der Waals surface area contributed by atoms with E-state index in [2.05, 4.69) is 61.0 Å². The molecule has 2 aliphatic rings. The molecule has 9 nitrogen and oxygen atoms in total. The lowest BCUT2D eigenvalue weighted by Crippen LogP contribution is -2.57. The number of nitrogens with zero attached hydrogens (tertiary/aromatic N) is 8. The minimum Gasteiger partial charge on any atom is -0.353 e. The molecule has 2 fully saturated rings. The van der Waals surface area contributed by atoms with Crippen LogP contribution in [0.3, 0.4) is 0 Å². The summed E-state index contributed by atoms with van der Waals surface area (Å²) in [4.78, 5) is 31.1. The van der Waals surface area contributed by atoms with Crippen LogP contribution in [0.1, 0.15) is 12.5 Å². The number of fused-ring (bicyclic) bond motifs is 1. The molecule has 2 aliphatic heterocycles. The number of aryl methyl sites for hydroxylation is 1. The number of carbonyl (C=O) groups excluding carboxylic acids is 1. The van der Waals surface area contributed by atoms with Crippen molar-refractivity contribution in [2.45, 2.75) is 19.5 Å². The number of benzene rings is 1. The molecule has 174 valence electrons. The van der Waals surface area contributed by atoms with Crippen molar-refractivity contribution < 1.29 is 4.79 Å². The van der Waals surface area contributed by atoms with Crippen LogP contribution in [0.5, 0.6) is 0 Å². The number of piperazine rings is 2. The lowest BCUT2D eigenvalue weighted by molar-refractivity contribution is -0.138. The fraction of sp³-hybridized carbons (Fsp3) is 0.500. The first-order valence-corrected chi connectivity index (χ1v) is 11.8. The summed E-state index contributed by atoms with van der Waals surface area (Å²) in [5.41, 5.74) is 2.17. The standard InChI is InChI=1S/C24H32N8O/c1-19(24(33)32-10-8-29(9-11-32)17-20-6-4-3-5-7-20)30-12-14-31(15-13-30)23-21-16-27-28(2)22(21)25-18-26-23/h3-7,16,18-19H,8-15,17H2,1-2H3. The predicted molar refractivity (Wildman–Crippen MR) is 128 cm³/mol. The van der Waals surface area contributed by atoms with Crippen LogP contribution in [0, 0.1) is 0 Å². The number of rotatable bonds is 5. The minimum atomic E-state index is -0.100. The summed E-state index contributed by atoms with van der Waals surface area (Å²) in [6.45, 7) is 9.82. The predicted octanol–water partition coefficient (Wildman–Crippen LogP) is 1.22. The van der Waals surface area contributed by atoms with E-state index in [0.717, 1.165) is 75.8 Å². The van der Waals surface area contributed by atoms with Crippen molar-refractivity contribution in [3.05, 3.63) is 48.4 Å². The Bertz CT molecular complexity index is 1080. The van der Waals surface area contributed by atoms with Crippen molar-refractivity contribution >= 4 is 22.8 Å². The Morgan fingerprint density at radius 2 is 1.70 bits per heavy atom. The van der Waals surface area contributed by atoms with Gasteiger partial charge in [0.15, 0.2) is 5.65 Å². The second-order valence-electron chi connectivity index (χ2n) is 8.99. The highest BCUT2D eigenvalue weighted by atomic mass is 16.2. The van der Waals surface area contributed by atoms with Gasteiger partial charge < -0.3 is 9.80 Å². The Balaban J connectivity index is 1.13. The van der Waals surface area contributed by atoms with Gasteiger partial charge in [0.05, 0.1) is 17.6 Å². The molecule has 33 heavy (non-hydrogen) atoms. The lowest BCUT2D eigenvalue weighted by Gasteiger charge is -2.41. The van der Waals surface area contributed by atoms with Crippen LogP contribution in [0.25, 0.3) is 11.0 Å². The van der Waals surface area contributed by atoms with E-state index in [1.165, 1.54) is 5.56 Å². The van der Waals surface area contributed by atoms with Crippen LogP contribution in [0.2, 0.25) is 0 Å². The molecular weight excluding hydrogens is 416 g/mol. The molecule has 2 aromatic heterocycles. The third-order valence-electron chi connectivity index (χ3n) is 6.96. The molecule has 1 atom stereocenters. The Morgan fingerprint density at radius 3 is 2.42 bits per heavy atom. The van der Waals surface area contributed by atoms with Crippen LogP contribution in [-0.2, 0) is 18.4 Å². The van der Waals surface area contributed by atoms with Gasteiger partial charge in [0.25, 0.3) is 0 Å². The topological polar surface area (TPSA) is 73.6 Å². The van der Waals surface area contributed by atoms with E-state index in [4.69, 9.17) is 0 Å². The third kappa shape index (κ3) is 4.56. The Morgan fingerprint density at radius 1 is 0.970 bits per heavy atom. The van der Waals surface area contributed by atoms with Gasteiger partial charge in [0.1, 0.15) is 12.1 Å². The number of carbonyl (C=O) groups is 1. The van der Waals surface area contributed by atoms with E-state index >= 15 is 0 Å². The highest BCUT2D eigenvalue weighted by molar-refractivity contribution is 5.86. The van der Waals surface area contributed by atoms with E-state index in [-0.39, 0.29) is 11.9 Å². The Hall–Kier alpha value is -3.04. The lowest BCUT2D eigenvalue weighted by atomic mass is 10.1. The number of amides is 1. The molecule has 0 bridgehead atoms. The van der Waals surface area contributed by atoms with Gasteiger partial charge >= 0.3 is 0 Å². The molecule has 4 heterocycles. The molecule has 5 rings (SSSR count). The molecular formula is C24H32N8O. The van der Waals surface area contributed by atoms with Crippen LogP contribution in [-0.4, -0.2) is 98.8 Å². The van der Waals surface area contributed by atoms with Crippen molar-refractivity contribution in [2.75, 3.05) is 57.3 Å². The molecule has 0 radical (unpaired) electrons. The van der Waals surface area contributed by atoms with Crippen LogP contribution in [0.15, 0.2) is 42.9 Å². The van der Waals surface area contributed by atoms with Gasteiger partial charge in [-0.2, -0.15) is 5.10 Å². The van der Waals surface area contributed by atoms with Crippen molar-refractivity contribution in [1.29, 1.82) is 0 Å². The highest BCUT2D eigenvalue weighted by Gasteiger charge is 2.31. The summed E-state index contributed by atoms with van der Waals surface area (Å²) >= 11 is 0. The molecule has 0 aliphatic carbocycles. The fourth-order valence-electron chi connectivity index (χ4n) is 4.91. The number of aromatic nitrogens is 4. The van der Waals surface area contributed by atoms with Gasteiger partial charge in [-0.1, -0.05) is 30.3 Å². The SMILES string of the molecule is CC(C(=O)N1CCN(Cc2ccccc2)CC1)N1CCN(c2ncnc3c2cnn3C)CC1. The number of hydrogen-bond donors (Lipinski definition) is 0. The first-order valence-electron chi connectivity index (χ1n) is 11.8. The maximum atomic E-state index is 13.2. The largest absolute Gasteiger partial charge is 0.353 e. The van der Waals surface area contributed by atoms with Gasteiger partial charge in [-0.05, 0) is 12.5 Å². The smallest absolute Gasteiger partial charge is 0.239 e. The van der Waals surface area contributed by atoms with E-state index in [9.17, 15) is 4.79 Å². The first-order chi connectivity index (χ1) is 16.1. The van der Waals surface area contributed by atoms with E-state index < -0.39 is 0 Å². The molecule has 1 aromatic carbocycles.